The second-order valence-electron chi connectivity index (χ2n) is 5.19. The van der Waals surface area contributed by atoms with Crippen LogP contribution < -0.4 is 10.1 Å². The Balaban J connectivity index is 1.89. The average Bonchev–Trinajstić information content (AvgIpc) is 2.83. The first-order valence-corrected chi connectivity index (χ1v) is 6.77. The zero-order chi connectivity index (χ0) is 15.0. The molecule has 0 aliphatic carbocycles. The summed E-state index contributed by atoms with van der Waals surface area (Å²) < 4.78 is 5.55. The molecule has 7 nitrogen and oxygen atoms in total. The molecule has 0 saturated carbocycles. The summed E-state index contributed by atoms with van der Waals surface area (Å²) in [7, 11) is 0. The maximum absolute atomic E-state index is 12.0. The topological polar surface area (TPSA) is 99.1 Å². The lowest BCUT2D eigenvalue weighted by molar-refractivity contribution is -0.144. The van der Waals surface area contributed by atoms with Gasteiger partial charge in [-0.1, -0.05) is 0 Å². The predicted molar refractivity (Wildman–Crippen MR) is 72.1 cm³/mol. The van der Waals surface area contributed by atoms with Crippen molar-refractivity contribution >= 4 is 11.9 Å². The summed E-state index contributed by atoms with van der Waals surface area (Å²) in [5.41, 5.74) is 0.873. The van der Waals surface area contributed by atoms with Gasteiger partial charge in [-0.05, 0) is 12.1 Å². The fourth-order valence-electron chi connectivity index (χ4n) is 2.94. The zero-order valence-electron chi connectivity index (χ0n) is 11.3. The van der Waals surface area contributed by atoms with E-state index >= 15 is 0 Å². The predicted octanol–water partition coefficient (Wildman–Crippen LogP) is 0.101. The van der Waals surface area contributed by atoms with Gasteiger partial charge in [0.25, 0.3) is 0 Å². The Morgan fingerprint density at radius 3 is 3.05 bits per heavy atom. The van der Waals surface area contributed by atoms with Gasteiger partial charge in [-0.25, -0.2) is 0 Å². The molecule has 1 fully saturated rings. The van der Waals surface area contributed by atoms with E-state index in [1.165, 1.54) is 6.07 Å². The summed E-state index contributed by atoms with van der Waals surface area (Å²) in [5.74, 6) is -0.573. The second-order valence-corrected chi connectivity index (χ2v) is 5.19. The van der Waals surface area contributed by atoms with Crippen molar-refractivity contribution in [1.82, 2.24) is 10.2 Å². The van der Waals surface area contributed by atoms with E-state index in [9.17, 15) is 14.7 Å². The number of fused-ring (bicyclic) bond motifs is 1. The molecule has 3 N–H and O–H groups in total. The van der Waals surface area contributed by atoms with Gasteiger partial charge in [0, 0.05) is 24.7 Å². The van der Waals surface area contributed by atoms with Crippen LogP contribution in [0.1, 0.15) is 18.0 Å². The number of piperazine rings is 1. The van der Waals surface area contributed by atoms with Gasteiger partial charge in [-0.15, -0.1) is 0 Å². The van der Waals surface area contributed by atoms with Crippen LogP contribution in [-0.2, 0) is 9.59 Å². The minimum absolute atomic E-state index is 0.118. The Hall–Kier alpha value is -2.28. The van der Waals surface area contributed by atoms with E-state index in [0.717, 1.165) is 5.56 Å². The molecule has 112 valence electrons. The summed E-state index contributed by atoms with van der Waals surface area (Å²) in [5, 5.41) is 21.2. The molecule has 2 heterocycles. The van der Waals surface area contributed by atoms with E-state index in [2.05, 4.69) is 5.32 Å². The van der Waals surface area contributed by atoms with Crippen LogP contribution in [0, 0.1) is 0 Å². The molecular weight excluding hydrogens is 276 g/mol. The highest BCUT2D eigenvalue weighted by molar-refractivity contribution is 5.86. The molecule has 2 atom stereocenters. The lowest BCUT2D eigenvalue weighted by Gasteiger charge is -2.37. The van der Waals surface area contributed by atoms with Gasteiger partial charge >= 0.3 is 5.97 Å². The monoisotopic (exact) mass is 292 g/mol. The van der Waals surface area contributed by atoms with Crippen LogP contribution in [-0.4, -0.2) is 52.7 Å². The number of nitrogens with zero attached hydrogens (tertiary/aromatic N) is 1. The van der Waals surface area contributed by atoms with Gasteiger partial charge in [-0.3, -0.25) is 14.5 Å². The third kappa shape index (κ3) is 2.52. The van der Waals surface area contributed by atoms with Crippen molar-refractivity contribution in [2.24, 2.45) is 0 Å². The standard InChI is InChI=1S/C14H16N2O5/c17-8-1-2-9-11(7-21-12(9)5-8)16-4-3-15-14(20)10(16)6-13(18)19/h1-2,5,10-11,17H,3-4,6-7H2,(H,15,20)(H,18,19). The van der Waals surface area contributed by atoms with E-state index in [-0.39, 0.29) is 24.1 Å². The SMILES string of the molecule is O=C(O)CC1C(=O)NCCN1C1COc2cc(O)ccc21. The van der Waals surface area contributed by atoms with Crippen molar-refractivity contribution in [2.45, 2.75) is 18.5 Å². The van der Waals surface area contributed by atoms with Crippen molar-refractivity contribution in [1.29, 1.82) is 0 Å². The first-order chi connectivity index (χ1) is 10.1. The van der Waals surface area contributed by atoms with E-state index in [1.54, 1.807) is 12.1 Å². The smallest absolute Gasteiger partial charge is 0.305 e. The molecule has 1 aromatic rings. The van der Waals surface area contributed by atoms with Gasteiger partial charge in [0.2, 0.25) is 5.91 Å². The lowest BCUT2D eigenvalue weighted by Crippen LogP contribution is -2.57. The number of amides is 1. The van der Waals surface area contributed by atoms with E-state index in [4.69, 9.17) is 9.84 Å². The number of carbonyl (C=O) groups is 2. The number of carboxylic acid groups (broad SMARTS) is 1. The van der Waals surface area contributed by atoms with Crippen LogP contribution in [0.25, 0.3) is 0 Å². The molecule has 0 bridgehead atoms. The van der Waals surface area contributed by atoms with Crippen molar-refractivity contribution in [3.05, 3.63) is 23.8 Å². The molecule has 0 radical (unpaired) electrons. The number of phenols is 1. The molecule has 2 aliphatic heterocycles. The molecule has 1 aromatic carbocycles. The zero-order valence-corrected chi connectivity index (χ0v) is 11.3. The molecule has 2 aliphatic rings. The number of aliphatic carboxylic acids is 1. The fourth-order valence-corrected chi connectivity index (χ4v) is 2.94. The first kappa shape index (κ1) is 13.7. The largest absolute Gasteiger partial charge is 0.508 e. The first-order valence-electron chi connectivity index (χ1n) is 6.77. The van der Waals surface area contributed by atoms with Gasteiger partial charge in [-0.2, -0.15) is 0 Å². The summed E-state index contributed by atoms with van der Waals surface area (Å²) >= 11 is 0. The fraction of sp³-hybridized carbons (Fsp3) is 0.429. The van der Waals surface area contributed by atoms with E-state index < -0.39 is 12.0 Å². The minimum Gasteiger partial charge on any atom is -0.508 e. The third-order valence-corrected chi connectivity index (χ3v) is 3.89. The van der Waals surface area contributed by atoms with Gasteiger partial charge in [0.05, 0.1) is 12.5 Å². The van der Waals surface area contributed by atoms with Gasteiger partial charge in [0.1, 0.15) is 24.1 Å². The number of hydrogen-bond donors (Lipinski definition) is 3. The van der Waals surface area contributed by atoms with Crippen LogP contribution in [0.4, 0.5) is 0 Å². The normalized spacial score (nSPS) is 25.0. The van der Waals surface area contributed by atoms with Crippen LogP contribution >= 0.6 is 0 Å². The Kier molecular flexibility index (Phi) is 3.42. The van der Waals surface area contributed by atoms with Crippen LogP contribution in [0.15, 0.2) is 18.2 Å². The molecule has 1 saturated heterocycles. The van der Waals surface area contributed by atoms with E-state index in [0.29, 0.717) is 25.4 Å². The Bertz CT molecular complexity index is 589. The molecule has 3 rings (SSSR count). The number of phenolic OH excluding ortho intramolecular Hbond substituents is 1. The Labute approximate surface area is 121 Å². The maximum Gasteiger partial charge on any atom is 0.305 e. The second kappa shape index (κ2) is 5.25. The number of benzene rings is 1. The minimum atomic E-state index is -1.01. The van der Waals surface area contributed by atoms with Crippen molar-refractivity contribution in [3.8, 4) is 11.5 Å². The summed E-state index contributed by atoms with van der Waals surface area (Å²) in [6, 6.07) is 3.98. The van der Waals surface area contributed by atoms with Crippen LogP contribution in [0.5, 0.6) is 11.5 Å². The molecule has 1 amide bonds. The highest BCUT2D eigenvalue weighted by atomic mass is 16.5. The third-order valence-electron chi connectivity index (χ3n) is 3.89. The summed E-state index contributed by atoms with van der Waals surface area (Å²) in [6.45, 7) is 1.40. The van der Waals surface area contributed by atoms with Crippen molar-refractivity contribution < 1.29 is 24.5 Å². The highest BCUT2D eigenvalue weighted by Crippen LogP contribution is 2.39. The highest BCUT2D eigenvalue weighted by Gasteiger charge is 2.39. The molecular formula is C14H16N2O5. The Morgan fingerprint density at radius 1 is 1.48 bits per heavy atom. The van der Waals surface area contributed by atoms with Gasteiger partial charge < -0.3 is 20.3 Å². The average molecular weight is 292 g/mol. The maximum atomic E-state index is 12.0. The summed E-state index contributed by atoms with van der Waals surface area (Å²) in [4.78, 5) is 24.8. The van der Waals surface area contributed by atoms with Crippen LogP contribution in [0.2, 0.25) is 0 Å². The van der Waals surface area contributed by atoms with Crippen molar-refractivity contribution in [2.75, 3.05) is 19.7 Å². The van der Waals surface area contributed by atoms with Crippen LogP contribution in [0.3, 0.4) is 0 Å². The summed E-state index contributed by atoms with van der Waals surface area (Å²) in [6.07, 6.45) is -0.240. The molecule has 2 unspecified atom stereocenters. The quantitative estimate of drug-likeness (QED) is 0.731. The molecule has 0 aromatic heterocycles. The number of aromatic hydroxyl groups is 1. The van der Waals surface area contributed by atoms with Crippen molar-refractivity contribution in [3.63, 3.8) is 0 Å². The number of carbonyl (C=O) groups excluding carboxylic acids is 1. The number of rotatable bonds is 3. The number of carboxylic acids is 1. The molecule has 21 heavy (non-hydrogen) atoms. The van der Waals surface area contributed by atoms with E-state index in [1.807, 2.05) is 4.90 Å². The lowest BCUT2D eigenvalue weighted by atomic mass is 10.0. The number of hydrogen-bond acceptors (Lipinski definition) is 5. The molecule has 7 heteroatoms. The Morgan fingerprint density at radius 2 is 2.29 bits per heavy atom. The molecule has 0 spiro atoms. The number of nitrogens with one attached hydrogen (secondary N) is 1. The number of ether oxygens (including phenoxy) is 1. The van der Waals surface area contributed by atoms with Gasteiger partial charge in [0.15, 0.2) is 0 Å².